The van der Waals surface area contributed by atoms with Crippen molar-refractivity contribution in [3.05, 3.63) is 39.1 Å². The SMILES string of the molecule is Cc1nc(-c2cc(F)ccc2Br)sc1CNC1CC1. The molecule has 0 bridgehead atoms. The molecule has 0 radical (unpaired) electrons. The van der Waals surface area contributed by atoms with Gasteiger partial charge in [0.2, 0.25) is 0 Å². The van der Waals surface area contributed by atoms with Crippen molar-refractivity contribution in [1.82, 2.24) is 10.3 Å². The van der Waals surface area contributed by atoms with Gasteiger partial charge in [0.15, 0.2) is 0 Å². The standard InChI is InChI=1S/C14H14BrFN2S/c1-8-13(7-17-10-3-4-10)19-14(18-8)11-6-9(16)2-5-12(11)15/h2,5-6,10,17H,3-4,7H2,1H3. The lowest BCUT2D eigenvalue weighted by Gasteiger charge is -2.00. The Morgan fingerprint density at radius 3 is 3.00 bits per heavy atom. The van der Waals surface area contributed by atoms with E-state index in [4.69, 9.17) is 0 Å². The lowest BCUT2D eigenvalue weighted by Crippen LogP contribution is -2.14. The van der Waals surface area contributed by atoms with Gasteiger partial charge in [0, 0.05) is 27.5 Å². The van der Waals surface area contributed by atoms with Crippen LogP contribution in [0.1, 0.15) is 23.4 Å². The molecule has 1 saturated carbocycles. The highest BCUT2D eigenvalue weighted by atomic mass is 79.9. The van der Waals surface area contributed by atoms with Crippen LogP contribution in [-0.4, -0.2) is 11.0 Å². The topological polar surface area (TPSA) is 24.9 Å². The molecular formula is C14H14BrFN2S. The Kier molecular flexibility index (Phi) is 3.69. The van der Waals surface area contributed by atoms with Crippen molar-refractivity contribution in [2.75, 3.05) is 0 Å². The summed E-state index contributed by atoms with van der Waals surface area (Å²) in [4.78, 5) is 5.80. The highest BCUT2D eigenvalue weighted by molar-refractivity contribution is 9.10. The Hall–Kier alpha value is -0.780. The van der Waals surface area contributed by atoms with Gasteiger partial charge in [0.25, 0.3) is 0 Å². The molecule has 1 N–H and O–H groups in total. The van der Waals surface area contributed by atoms with Crippen molar-refractivity contribution >= 4 is 27.3 Å². The number of hydrogen-bond donors (Lipinski definition) is 1. The van der Waals surface area contributed by atoms with Crippen LogP contribution in [0.4, 0.5) is 4.39 Å². The highest BCUT2D eigenvalue weighted by Crippen LogP contribution is 2.34. The third kappa shape index (κ3) is 3.04. The highest BCUT2D eigenvalue weighted by Gasteiger charge is 2.21. The van der Waals surface area contributed by atoms with E-state index in [2.05, 4.69) is 26.2 Å². The molecule has 19 heavy (non-hydrogen) atoms. The van der Waals surface area contributed by atoms with Crippen LogP contribution in [0.3, 0.4) is 0 Å². The molecular weight excluding hydrogens is 327 g/mol. The van der Waals surface area contributed by atoms with Gasteiger partial charge in [0.1, 0.15) is 10.8 Å². The minimum absolute atomic E-state index is 0.233. The number of halogens is 2. The predicted molar refractivity (Wildman–Crippen MR) is 79.8 cm³/mol. The number of thiazole rings is 1. The molecule has 2 aromatic rings. The van der Waals surface area contributed by atoms with E-state index in [-0.39, 0.29) is 5.82 Å². The second kappa shape index (κ2) is 5.31. The van der Waals surface area contributed by atoms with Gasteiger partial charge < -0.3 is 5.32 Å². The second-order valence-electron chi connectivity index (χ2n) is 4.81. The molecule has 0 aliphatic heterocycles. The lowest BCUT2D eigenvalue weighted by atomic mass is 10.2. The first kappa shape index (κ1) is 13.2. The van der Waals surface area contributed by atoms with Gasteiger partial charge in [-0.3, -0.25) is 0 Å². The van der Waals surface area contributed by atoms with Crippen LogP contribution in [0.5, 0.6) is 0 Å². The zero-order valence-corrected chi connectivity index (χ0v) is 12.9. The van der Waals surface area contributed by atoms with Crippen molar-refractivity contribution in [1.29, 1.82) is 0 Å². The van der Waals surface area contributed by atoms with Crippen LogP contribution in [0.25, 0.3) is 10.6 Å². The first-order valence-electron chi connectivity index (χ1n) is 6.28. The fraction of sp³-hybridized carbons (Fsp3) is 0.357. The van der Waals surface area contributed by atoms with Crippen LogP contribution in [0, 0.1) is 12.7 Å². The smallest absolute Gasteiger partial charge is 0.125 e. The van der Waals surface area contributed by atoms with Crippen LogP contribution in [-0.2, 0) is 6.54 Å². The molecule has 1 heterocycles. The van der Waals surface area contributed by atoms with Gasteiger partial charge in [-0.25, -0.2) is 9.37 Å². The molecule has 1 aliphatic rings. The summed E-state index contributed by atoms with van der Waals surface area (Å²) in [6.07, 6.45) is 2.56. The fourth-order valence-electron chi connectivity index (χ4n) is 1.89. The Bertz CT molecular complexity index is 607. The summed E-state index contributed by atoms with van der Waals surface area (Å²) >= 11 is 5.09. The maximum Gasteiger partial charge on any atom is 0.125 e. The third-order valence-corrected chi connectivity index (χ3v) is 5.06. The maximum absolute atomic E-state index is 13.3. The molecule has 2 nitrogen and oxygen atoms in total. The molecule has 100 valence electrons. The quantitative estimate of drug-likeness (QED) is 0.898. The van der Waals surface area contributed by atoms with Crippen molar-refractivity contribution in [2.24, 2.45) is 0 Å². The molecule has 1 aliphatic carbocycles. The number of hydrogen-bond acceptors (Lipinski definition) is 3. The first-order valence-corrected chi connectivity index (χ1v) is 7.89. The number of nitrogens with zero attached hydrogens (tertiary/aromatic N) is 1. The summed E-state index contributed by atoms with van der Waals surface area (Å²) < 4.78 is 14.2. The zero-order chi connectivity index (χ0) is 13.4. The van der Waals surface area contributed by atoms with Crippen LogP contribution in [0.15, 0.2) is 22.7 Å². The third-order valence-electron chi connectivity index (χ3n) is 3.18. The predicted octanol–water partition coefficient (Wildman–Crippen LogP) is 4.27. The van der Waals surface area contributed by atoms with Crippen molar-refractivity contribution in [2.45, 2.75) is 32.4 Å². The van der Waals surface area contributed by atoms with Crippen molar-refractivity contribution < 1.29 is 4.39 Å². The number of rotatable bonds is 4. The molecule has 0 spiro atoms. The average molecular weight is 341 g/mol. The minimum Gasteiger partial charge on any atom is -0.309 e. The average Bonchev–Trinajstić information content (AvgIpc) is 3.14. The normalized spacial score (nSPS) is 14.9. The Balaban J connectivity index is 1.87. The molecule has 0 unspecified atom stereocenters. The van der Waals surface area contributed by atoms with E-state index in [0.717, 1.165) is 27.3 Å². The minimum atomic E-state index is -0.233. The summed E-state index contributed by atoms with van der Waals surface area (Å²) in [5.74, 6) is -0.233. The Morgan fingerprint density at radius 2 is 2.26 bits per heavy atom. The molecule has 3 rings (SSSR count). The lowest BCUT2D eigenvalue weighted by molar-refractivity contribution is 0.628. The van der Waals surface area contributed by atoms with Crippen LogP contribution in [0.2, 0.25) is 0 Å². The second-order valence-corrected chi connectivity index (χ2v) is 6.74. The number of nitrogens with one attached hydrogen (secondary N) is 1. The van der Waals surface area contributed by atoms with Gasteiger partial charge in [-0.2, -0.15) is 0 Å². The first-order chi connectivity index (χ1) is 9.13. The van der Waals surface area contributed by atoms with E-state index < -0.39 is 0 Å². The summed E-state index contributed by atoms with van der Waals surface area (Å²) in [6, 6.07) is 5.39. The van der Waals surface area contributed by atoms with Gasteiger partial charge in [-0.1, -0.05) is 15.9 Å². The number of benzene rings is 1. The molecule has 0 saturated heterocycles. The Labute approximate surface area is 124 Å². The molecule has 0 atom stereocenters. The van der Waals surface area contributed by atoms with E-state index in [1.165, 1.54) is 29.9 Å². The maximum atomic E-state index is 13.3. The summed E-state index contributed by atoms with van der Waals surface area (Å²) in [6.45, 7) is 2.87. The molecule has 5 heteroatoms. The van der Waals surface area contributed by atoms with E-state index in [1.54, 1.807) is 17.4 Å². The van der Waals surface area contributed by atoms with E-state index in [9.17, 15) is 4.39 Å². The molecule has 0 amide bonds. The zero-order valence-electron chi connectivity index (χ0n) is 10.5. The number of aryl methyl sites for hydroxylation is 1. The number of aromatic nitrogens is 1. The molecule has 1 aromatic heterocycles. The summed E-state index contributed by atoms with van der Waals surface area (Å²) in [5.41, 5.74) is 1.86. The largest absolute Gasteiger partial charge is 0.309 e. The fourth-order valence-corrected chi connectivity index (χ4v) is 3.50. The van der Waals surface area contributed by atoms with Crippen molar-refractivity contribution in [3.8, 4) is 10.6 Å². The molecule has 1 fully saturated rings. The Morgan fingerprint density at radius 1 is 1.47 bits per heavy atom. The van der Waals surface area contributed by atoms with Gasteiger partial charge in [0.05, 0.1) is 5.69 Å². The van der Waals surface area contributed by atoms with Crippen LogP contribution >= 0.6 is 27.3 Å². The van der Waals surface area contributed by atoms with E-state index in [1.807, 2.05) is 6.92 Å². The summed E-state index contributed by atoms with van der Waals surface area (Å²) in [7, 11) is 0. The monoisotopic (exact) mass is 340 g/mol. The van der Waals surface area contributed by atoms with Gasteiger partial charge in [-0.15, -0.1) is 11.3 Å². The van der Waals surface area contributed by atoms with E-state index >= 15 is 0 Å². The van der Waals surface area contributed by atoms with E-state index in [0.29, 0.717) is 6.04 Å². The van der Waals surface area contributed by atoms with Crippen molar-refractivity contribution in [3.63, 3.8) is 0 Å². The van der Waals surface area contributed by atoms with Gasteiger partial charge in [-0.05, 0) is 38.0 Å². The van der Waals surface area contributed by atoms with Crippen LogP contribution < -0.4 is 5.32 Å². The molecule has 1 aromatic carbocycles. The van der Waals surface area contributed by atoms with Gasteiger partial charge >= 0.3 is 0 Å². The summed E-state index contributed by atoms with van der Waals surface area (Å²) in [5, 5.41) is 4.36.